The molecule has 1 N–H and O–H groups in total. The molecule has 1 fully saturated rings. The van der Waals surface area contributed by atoms with E-state index in [1.54, 1.807) is 0 Å². The Morgan fingerprint density at radius 2 is 1.87 bits per heavy atom. The normalized spacial score (nSPS) is 20.0. The third-order valence-electron chi connectivity index (χ3n) is 2.42. The number of nitrogens with zero attached hydrogens (tertiary/aromatic N) is 1. The van der Waals surface area contributed by atoms with Gasteiger partial charge in [0.25, 0.3) is 21.4 Å². The van der Waals surface area contributed by atoms with Gasteiger partial charge < -0.3 is 4.90 Å². The third kappa shape index (κ3) is 2.88. The Labute approximate surface area is 88.7 Å². The Bertz CT molecular complexity index is 325. The van der Waals surface area contributed by atoms with Crippen LogP contribution in [-0.2, 0) is 14.8 Å². The average Bonchev–Trinajstić information content (AvgIpc) is 2.28. The molecule has 0 saturated carbocycles. The number of likely N-dealkylation sites (tertiary alicyclic amines) is 1. The molecule has 88 valence electrons. The van der Waals surface area contributed by atoms with E-state index in [9.17, 15) is 17.6 Å². The second-order valence-electron chi connectivity index (χ2n) is 3.45. The van der Waals surface area contributed by atoms with Crippen LogP contribution in [0.2, 0.25) is 0 Å². The van der Waals surface area contributed by atoms with Gasteiger partial charge in [-0.2, -0.15) is 0 Å². The van der Waals surface area contributed by atoms with Crippen molar-refractivity contribution in [1.82, 2.24) is 9.62 Å². The van der Waals surface area contributed by atoms with Crippen molar-refractivity contribution in [3.63, 3.8) is 0 Å². The van der Waals surface area contributed by atoms with E-state index in [0.717, 1.165) is 26.3 Å². The lowest BCUT2D eigenvalue weighted by Gasteiger charge is -2.27. The van der Waals surface area contributed by atoms with Crippen LogP contribution >= 0.6 is 0 Å². The SMILES string of the molecule is CNS(=O)(=O)C(F)C(=O)N1CCCCC1. The van der Waals surface area contributed by atoms with Crippen LogP contribution in [0, 0.1) is 0 Å². The summed E-state index contributed by atoms with van der Waals surface area (Å²) in [6.45, 7) is 0.886. The molecule has 1 rings (SSSR count). The maximum atomic E-state index is 13.3. The van der Waals surface area contributed by atoms with Gasteiger partial charge in [0.1, 0.15) is 0 Å². The van der Waals surface area contributed by atoms with Crippen LogP contribution in [0.15, 0.2) is 0 Å². The first kappa shape index (κ1) is 12.4. The number of halogens is 1. The van der Waals surface area contributed by atoms with Gasteiger partial charge in [-0.3, -0.25) is 4.79 Å². The fourth-order valence-corrected chi connectivity index (χ4v) is 2.12. The summed E-state index contributed by atoms with van der Waals surface area (Å²) in [5.41, 5.74) is -2.49. The minimum Gasteiger partial charge on any atom is -0.339 e. The van der Waals surface area contributed by atoms with Crippen LogP contribution in [0.25, 0.3) is 0 Å². The molecule has 15 heavy (non-hydrogen) atoms. The van der Waals surface area contributed by atoms with E-state index in [2.05, 4.69) is 0 Å². The van der Waals surface area contributed by atoms with Crippen molar-refractivity contribution in [2.75, 3.05) is 20.1 Å². The maximum absolute atomic E-state index is 13.3. The molecule has 1 atom stereocenters. The van der Waals surface area contributed by atoms with E-state index in [-0.39, 0.29) is 0 Å². The molecular weight excluding hydrogens is 223 g/mol. The molecule has 0 spiro atoms. The lowest BCUT2D eigenvalue weighted by molar-refractivity contribution is -0.134. The number of nitrogens with one attached hydrogen (secondary N) is 1. The first-order chi connectivity index (χ1) is 6.99. The van der Waals surface area contributed by atoms with E-state index in [1.165, 1.54) is 4.90 Å². The molecule has 7 heteroatoms. The number of hydrogen-bond acceptors (Lipinski definition) is 3. The van der Waals surface area contributed by atoms with Gasteiger partial charge in [-0.15, -0.1) is 0 Å². The highest BCUT2D eigenvalue weighted by Gasteiger charge is 2.35. The van der Waals surface area contributed by atoms with E-state index >= 15 is 0 Å². The molecule has 0 aromatic carbocycles. The summed E-state index contributed by atoms with van der Waals surface area (Å²) in [5, 5.41) is 0. The first-order valence-electron chi connectivity index (χ1n) is 4.84. The highest BCUT2D eigenvalue weighted by molar-refractivity contribution is 7.90. The minimum atomic E-state index is -4.15. The molecule has 0 bridgehead atoms. The largest absolute Gasteiger partial charge is 0.339 e. The maximum Gasteiger partial charge on any atom is 0.291 e. The summed E-state index contributed by atoms with van der Waals surface area (Å²) in [6, 6.07) is 0. The standard InChI is InChI=1S/C8H15FN2O3S/c1-10-15(13,14)7(9)8(12)11-5-3-2-4-6-11/h7,10H,2-6H2,1H3. The van der Waals surface area contributed by atoms with Gasteiger partial charge in [0.05, 0.1) is 0 Å². The Balaban J connectivity index is 2.67. The van der Waals surface area contributed by atoms with Crippen LogP contribution in [0.4, 0.5) is 4.39 Å². The predicted octanol–water partition coefficient (Wildman–Crippen LogP) is -0.156. The second kappa shape index (κ2) is 4.89. The van der Waals surface area contributed by atoms with Gasteiger partial charge in [-0.25, -0.2) is 17.5 Å². The van der Waals surface area contributed by atoms with Crippen molar-refractivity contribution in [2.45, 2.75) is 24.8 Å². The monoisotopic (exact) mass is 238 g/mol. The average molecular weight is 238 g/mol. The molecule has 1 unspecified atom stereocenters. The molecule has 0 radical (unpaired) electrons. The van der Waals surface area contributed by atoms with Crippen molar-refractivity contribution in [3.8, 4) is 0 Å². The molecule has 0 aromatic rings. The van der Waals surface area contributed by atoms with Crippen molar-refractivity contribution in [1.29, 1.82) is 0 Å². The molecule has 0 aliphatic carbocycles. The van der Waals surface area contributed by atoms with Crippen molar-refractivity contribution in [2.24, 2.45) is 0 Å². The first-order valence-corrected chi connectivity index (χ1v) is 6.39. The predicted molar refractivity (Wildman–Crippen MR) is 53.3 cm³/mol. The fraction of sp³-hybridized carbons (Fsp3) is 0.875. The van der Waals surface area contributed by atoms with Gasteiger partial charge in [0.2, 0.25) is 0 Å². The Morgan fingerprint density at radius 3 is 2.33 bits per heavy atom. The molecule has 1 aliphatic rings. The smallest absolute Gasteiger partial charge is 0.291 e. The fourth-order valence-electron chi connectivity index (χ4n) is 1.49. The number of carbonyl (C=O) groups excluding carboxylic acids is 1. The number of carbonyl (C=O) groups is 1. The quantitative estimate of drug-likeness (QED) is 0.743. The van der Waals surface area contributed by atoms with E-state index in [4.69, 9.17) is 0 Å². The van der Waals surface area contributed by atoms with Crippen LogP contribution in [0.3, 0.4) is 0 Å². The zero-order chi connectivity index (χ0) is 11.5. The third-order valence-corrected chi connectivity index (χ3v) is 3.73. The lowest BCUT2D eigenvalue weighted by atomic mass is 10.1. The van der Waals surface area contributed by atoms with Crippen LogP contribution in [0.1, 0.15) is 19.3 Å². The zero-order valence-corrected chi connectivity index (χ0v) is 9.39. The summed E-state index contributed by atoms with van der Waals surface area (Å²) < 4.78 is 37.2. The number of amides is 1. The Kier molecular flexibility index (Phi) is 4.04. The number of rotatable bonds is 3. The van der Waals surface area contributed by atoms with E-state index in [1.807, 2.05) is 4.72 Å². The van der Waals surface area contributed by atoms with Crippen LogP contribution in [0.5, 0.6) is 0 Å². The van der Waals surface area contributed by atoms with Gasteiger partial charge in [-0.1, -0.05) is 0 Å². The Hall–Kier alpha value is -0.690. The number of sulfonamides is 1. The van der Waals surface area contributed by atoms with E-state index < -0.39 is 21.4 Å². The molecular formula is C8H15FN2O3S. The summed E-state index contributed by atoms with van der Waals surface area (Å²) in [4.78, 5) is 12.7. The summed E-state index contributed by atoms with van der Waals surface area (Å²) in [5.74, 6) is -0.955. The molecule has 1 amide bonds. The van der Waals surface area contributed by atoms with Crippen molar-refractivity contribution >= 4 is 15.9 Å². The van der Waals surface area contributed by atoms with Crippen LogP contribution < -0.4 is 4.72 Å². The van der Waals surface area contributed by atoms with Gasteiger partial charge in [0.15, 0.2) is 0 Å². The number of piperidine rings is 1. The van der Waals surface area contributed by atoms with Gasteiger partial charge in [-0.05, 0) is 26.3 Å². The summed E-state index contributed by atoms with van der Waals surface area (Å²) in [6.07, 6.45) is 2.61. The molecule has 1 aliphatic heterocycles. The number of hydrogen-bond donors (Lipinski definition) is 1. The van der Waals surface area contributed by atoms with Crippen molar-refractivity contribution < 1.29 is 17.6 Å². The highest BCUT2D eigenvalue weighted by atomic mass is 32.2. The van der Waals surface area contributed by atoms with Crippen LogP contribution in [-0.4, -0.2) is 44.9 Å². The minimum absolute atomic E-state index is 0.443. The summed E-state index contributed by atoms with van der Waals surface area (Å²) >= 11 is 0. The second-order valence-corrected chi connectivity index (χ2v) is 5.36. The summed E-state index contributed by atoms with van der Waals surface area (Å²) in [7, 11) is -3.07. The lowest BCUT2D eigenvalue weighted by Crippen LogP contribution is -2.45. The zero-order valence-electron chi connectivity index (χ0n) is 8.57. The topological polar surface area (TPSA) is 66.5 Å². The van der Waals surface area contributed by atoms with E-state index in [0.29, 0.717) is 13.1 Å². The van der Waals surface area contributed by atoms with Gasteiger partial charge >= 0.3 is 0 Å². The molecule has 0 aromatic heterocycles. The van der Waals surface area contributed by atoms with Crippen molar-refractivity contribution in [3.05, 3.63) is 0 Å². The van der Waals surface area contributed by atoms with Gasteiger partial charge in [0, 0.05) is 13.1 Å². The molecule has 5 nitrogen and oxygen atoms in total. The highest BCUT2D eigenvalue weighted by Crippen LogP contribution is 2.13. The number of alkyl halides is 1. The molecule has 1 heterocycles. The molecule has 1 saturated heterocycles. The Morgan fingerprint density at radius 1 is 1.33 bits per heavy atom.